The summed E-state index contributed by atoms with van der Waals surface area (Å²) in [5.41, 5.74) is 8.80. The van der Waals surface area contributed by atoms with Crippen molar-refractivity contribution in [2.24, 2.45) is 5.73 Å². The topological polar surface area (TPSA) is 62.5 Å². The molecule has 5 nitrogen and oxygen atoms in total. The number of hydrogen-bond donors (Lipinski definition) is 1. The monoisotopic (exact) mass is 344 g/mol. The molecule has 128 valence electrons. The summed E-state index contributed by atoms with van der Waals surface area (Å²) in [6.45, 7) is 6.99. The van der Waals surface area contributed by atoms with Gasteiger partial charge in [0.25, 0.3) is 5.91 Å². The quantitative estimate of drug-likeness (QED) is 0.900. The van der Waals surface area contributed by atoms with Crippen LogP contribution in [0.3, 0.4) is 0 Å². The molecular weight excluding hydrogens is 320 g/mol. The van der Waals surface area contributed by atoms with Crippen LogP contribution >= 0.6 is 11.3 Å². The predicted molar refractivity (Wildman–Crippen MR) is 97.2 cm³/mol. The van der Waals surface area contributed by atoms with E-state index in [1.54, 1.807) is 0 Å². The van der Waals surface area contributed by atoms with Gasteiger partial charge in [-0.1, -0.05) is 24.3 Å². The Morgan fingerprint density at radius 2 is 2.00 bits per heavy atom. The first-order valence-corrected chi connectivity index (χ1v) is 9.26. The molecule has 0 saturated carbocycles. The molecule has 2 aromatic rings. The number of aryl methyl sites for hydroxylation is 1. The largest absolute Gasteiger partial charge is 0.335 e. The lowest BCUT2D eigenvalue weighted by molar-refractivity contribution is 0.0623. The Balaban J connectivity index is 1.54. The third kappa shape index (κ3) is 4.01. The fourth-order valence-electron chi connectivity index (χ4n) is 2.95. The summed E-state index contributed by atoms with van der Waals surface area (Å²) in [5, 5.41) is 2.80. The van der Waals surface area contributed by atoms with Crippen LogP contribution in [0.15, 0.2) is 29.6 Å². The SMILES string of the molecule is Cc1ccccc1CN1CCN(C(=O)c2csc(CCN)n2)CC1. The first-order valence-electron chi connectivity index (χ1n) is 8.38. The number of nitrogens with two attached hydrogens (primary N) is 1. The van der Waals surface area contributed by atoms with E-state index in [1.807, 2.05) is 10.3 Å². The Kier molecular flexibility index (Phi) is 5.60. The Morgan fingerprint density at radius 1 is 1.25 bits per heavy atom. The average Bonchev–Trinajstić information content (AvgIpc) is 3.06. The number of carbonyl (C=O) groups is 1. The van der Waals surface area contributed by atoms with E-state index in [9.17, 15) is 4.79 Å². The second-order valence-corrected chi connectivity index (χ2v) is 7.10. The molecule has 2 N–H and O–H groups in total. The molecule has 0 unspecified atom stereocenters. The van der Waals surface area contributed by atoms with Gasteiger partial charge >= 0.3 is 0 Å². The number of nitrogens with zero attached hydrogens (tertiary/aromatic N) is 3. The van der Waals surface area contributed by atoms with Gasteiger partial charge < -0.3 is 10.6 Å². The van der Waals surface area contributed by atoms with E-state index in [-0.39, 0.29) is 5.91 Å². The van der Waals surface area contributed by atoms with Crippen molar-refractivity contribution >= 4 is 17.2 Å². The van der Waals surface area contributed by atoms with Gasteiger partial charge in [-0.15, -0.1) is 11.3 Å². The summed E-state index contributed by atoms with van der Waals surface area (Å²) in [5.74, 6) is 0.0464. The van der Waals surface area contributed by atoms with Gasteiger partial charge in [0.05, 0.1) is 5.01 Å². The highest BCUT2D eigenvalue weighted by atomic mass is 32.1. The summed E-state index contributed by atoms with van der Waals surface area (Å²) in [6, 6.07) is 8.49. The van der Waals surface area contributed by atoms with Gasteiger partial charge in [0.1, 0.15) is 5.69 Å². The minimum atomic E-state index is 0.0464. The van der Waals surface area contributed by atoms with Gasteiger partial charge in [0, 0.05) is 44.5 Å². The summed E-state index contributed by atoms with van der Waals surface area (Å²) >= 11 is 1.52. The number of amides is 1. The maximum absolute atomic E-state index is 12.6. The van der Waals surface area contributed by atoms with Crippen molar-refractivity contribution in [1.82, 2.24) is 14.8 Å². The lowest BCUT2D eigenvalue weighted by atomic mass is 10.1. The number of benzene rings is 1. The summed E-state index contributed by atoms with van der Waals surface area (Å²) in [4.78, 5) is 21.3. The smallest absolute Gasteiger partial charge is 0.273 e. The maximum atomic E-state index is 12.6. The highest BCUT2D eigenvalue weighted by Crippen LogP contribution is 2.16. The summed E-state index contributed by atoms with van der Waals surface area (Å²) < 4.78 is 0. The van der Waals surface area contributed by atoms with Gasteiger partial charge in [0.2, 0.25) is 0 Å². The lowest BCUT2D eigenvalue weighted by Crippen LogP contribution is -2.48. The van der Waals surface area contributed by atoms with Gasteiger partial charge in [-0.25, -0.2) is 4.98 Å². The molecule has 6 heteroatoms. The minimum absolute atomic E-state index is 0.0464. The molecule has 0 bridgehead atoms. The molecule has 1 aromatic heterocycles. The standard InChI is InChI=1S/C18H24N4OS/c1-14-4-2-3-5-15(14)12-21-8-10-22(11-9-21)18(23)16-13-24-17(20-16)6-7-19/h2-5,13H,6-12,19H2,1H3. The van der Waals surface area contributed by atoms with Crippen LogP contribution in [-0.4, -0.2) is 53.4 Å². The van der Waals surface area contributed by atoms with Gasteiger partial charge in [-0.3, -0.25) is 9.69 Å². The molecule has 0 atom stereocenters. The van der Waals surface area contributed by atoms with Crippen LogP contribution in [0.4, 0.5) is 0 Å². The van der Waals surface area contributed by atoms with Crippen LogP contribution in [0.25, 0.3) is 0 Å². The molecule has 24 heavy (non-hydrogen) atoms. The van der Waals surface area contributed by atoms with E-state index in [0.717, 1.165) is 44.2 Å². The predicted octanol–water partition coefficient (Wildman–Crippen LogP) is 1.91. The molecule has 1 aliphatic rings. The molecule has 1 fully saturated rings. The van der Waals surface area contributed by atoms with Crippen LogP contribution in [0.1, 0.15) is 26.6 Å². The van der Waals surface area contributed by atoms with Crippen molar-refractivity contribution in [3.63, 3.8) is 0 Å². The second-order valence-electron chi connectivity index (χ2n) is 6.16. The fraction of sp³-hybridized carbons (Fsp3) is 0.444. The number of hydrogen-bond acceptors (Lipinski definition) is 5. The molecule has 1 aromatic carbocycles. The Hall–Kier alpha value is -1.76. The van der Waals surface area contributed by atoms with E-state index in [0.29, 0.717) is 12.2 Å². The van der Waals surface area contributed by atoms with E-state index in [2.05, 4.69) is 41.1 Å². The molecule has 0 radical (unpaired) electrons. The number of rotatable bonds is 5. The first kappa shape index (κ1) is 17.1. The Bertz CT molecular complexity index is 692. The zero-order valence-electron chi connectivity index (χ0n) is 14.1. The molecule has 0 spiro atoms. The molecule has 0 aliphatic carbocycles. The van der Waals surface area contributed by atoms with Gasteiger partial charge in [-0.2, -0.15) is 0 Å². The van der Waals surface area contributed by atoms with Crippen molar-refractivity contribution in [1.29, 1.82) is 0 Å². The molecule has 3 rings (SSSR count). The lowest BCUT2D eigenvalue weighted by Gasteiger charge is -2.34. The highest BCUT2D eigenvalue weighted by Gasteiger charge is 2.24. The number of aromatic nitrogens is 1. The van der Waals surface area contributed by atoms with E-state index < -0.39 is 0 Å². The maximum Gasteiger partial charge on any atom is 0.273 e. The van der Waals surface area contributed by atoms with Crippen molar-refractivity contribution in [2.75, 3.05) is 32.7 Å². The van der Waals surface area contributed by atoms with Crippen LogP contribution in [0.5, 0.6) is 0 Å². The van der Waals surface area contributed by atoms with Crippen molar-refractivity contribution < 1.29 is 4.79 Å². The van der Waals surface area contributed by atoms with E-state index in [1.165, 1.54) is 22.5 Å². The third-order valence-corrected chi connectivity index (χ3v) is 5.35. The Morgan fingerprint density at radius 3 is 2.71 bits per heavy atom. The van der Waals surface area contributed by atoms with Crippen molar-refractivity contribution in [3.05, 3.63) is 51.5 Å². The van der Waals surface area contributed by atoms with Crippen LogP contribution in [0, 0.1) is 6.92 Å². The summed E-state index contributed by atoms with van der Waals surface area (Å²) in [6.07, 6.45) is 0.738. The van der Waals surface area contributed by atoms with E-state index in [4.69, 9.17) is 5.73 Å². The zero-order chi connectivity index (χ0) is 16.9. The number of carbonyl (C=O) groups excluding carboxylic acids is 1. The molecular formula is C18H24N4OS. The van der Waals surface area contributed by atoms with Crippen molar-refractivity contribution in [2.45, 2.75) is 19.9 Å². The fourth-order valence-corrected chi connectivity index (χ4v) is 3.73. The second kappa shape index (κ2) is 7.88. The van der Waals surface area contributed by atoms with E-state index >= 15 is 0 Å². The Labute approximate surface area is 147 Å². The minimum Gasteiger partial charge on any atom is -0.335 e. The van der Waals surface area contributed by atoms with Crippen LogP contribution in [0.2, 0.25) is 0 Å². The normalized spacial score (nSPS) is 15.7. The molecule has 1 aliphatic heterocycles. The van der Waals surface area contributed by atoms with Crippen LogP contribution < -0.4 is 5.73 Å². The highest BCUT2D eigenvalue weighted by molar-refractivity contribution is 7.09. The zero-order valence-corrected chi connectivity index (χ0v) is 14.9. The molecule has 2 heterocycles. The number of piperazine rings is 1. The van der Waals surface area contributed by atoms with Gasteiger partial charge in [-0.05, 0) is 24.6 Å². The van der Waals surface area contributed by atoms with Crippen LogP contribution in [-0.2, 0) is 13.0 Å². The molecule has 1 amide bonds. The first-order chi connectivity index (χ1) is 11.7. The van der Waals surface area contributed by atoms with Crippen molar-refractivity contribution in [3.8, 4) is 0 Å². The third-order valence-electron chi connectivity index (χ3n) is 4.44. The molecule has 1 saturated heterocycles. The number of thiazole rings is 1. The van der Waals surface area contributed by atoms with Gasteiger partial charge in [0.15, 0.2) is 0 Å². The summed E-state index contributed by atoms with van der Waals surface area (Å²) in [7, 11) is 0. The average molecular weight is 344 g/mol.